The maximum absolute atomic E-state index is 12.9. The largest absolute Gasteiger partial charge is 0.382 e. The summed E-state index contributed by atoms with van der Waals surface area (Å²) in [5.41, 5.74) is 0. The third-order valence-electron chi connectivity index (χ3n) is 10.8. The first kappa shape index (κ1) is 52.0. The number of hydrogen-bond acceptors (Lipinski definition) is 4. The summed E-state index contributed by atoms with van der Waals surface area (Å²) in [6.45, 7) is 8.36. The Balaban J connectivity index is 4.15. The van der Waals surface area contributed by atoms with Gasteiger partial charge in [0.05, 0.1) is 6.61 Å². The molecule has 53 heavy (non-hydrogen) atoms. The van der Waals surface area contributed by atoms with E-state index in [1.165, 1.54) is 193 Å². The Morgan fingerprint density at radius 3 is 1.15 bits per heavy atom. The average molecular weight is 747 g/mol. The zero-order valence-corrected chi connectivity index (χ0v) is 36.2. The molecule has 1 N–H and O–H groups in total. The van der Waals surface area contributed by atoms with Crippen LogP contribution >= 0.6 is 0 Å². The summed E-state index contributed by atoms with van der Waals surface area (Å²) in [5, 5.41) is 11.0. The number of carbonyl (C=O) groups is 1. The molecule has 314 valence electrons. The number of unbranched alkanes of at least 4 members (excludes halogenated alkanes) is 30. The van der Waals surface area contributed by atoms with Gasteiger partial charge in [-0.3, -0.25) is 4.79 Å². The lowest BCUT2D eigenvalue weighted by atomic mass is 10.0. The van der Waals surface area contributed by atoms with E-state index in [0.29, 0.717) is 26.2 Å². The van der Waals surface area contributed by atoms with Crippen molar-refractivity contribution in [2.75, 3.05) is 19.8 Å². The van der Waals surface area contributed by atoms with Crippen molar-refractivity contribution >= 4 is 5.78 Å². The zero-order valence-electron chi connectivity index (χ0n) is 36.2. The maximum atomic E-state index is 12.9. The number of rotatable bonds is 45. The predicted octanol–water partition coefficient (Wildman–Crippen LogP) is 15.5. The zero-order chi connectivity index (χ0) is 38.6. The standard InChI is InChI=1S/C49H94O4/c1-4-7-10-13-16-18-20-22-24-26-28-30-32-35-38-41-44-52-46-48(49(51)47(50)43-40-37-34-15-12-9-6-3)53-45-42-39-36-33-31-29-27-25-23-21-19-17-14-11-8-5-2/h22-25,48-49,51H,4-21,26-46H2,1-3H3/b24-22-,25-23-. The molecule has 0 aliphatic carbocycles. The minimum atomic E-state index is -1.08. The fraction of sp³-hybridized carbons (Fsp3) is 0.898. The lowest BCUT2D eigenvalue weighted by Crippen LogP contribution is -2.39. The summed E-state index contributed by atoms with van der Waals surface area (Å²) in [5.74, 6) is -0.0783. The first-order valence-corrected chi connectivity index (χ1v) is 23.9. The van der Waals surface area contributed by atoms with Gasteiger partial charge in [0.2, 0.25) is 0 Å². The lowest BCUT2D eigenvalue weighted by molar-refractivity contribution is -0.140. The summed E-state index contributed by atoms with van der Waals surface area (Å²) in [6, 6.07) is 0. The van der Waals surface area contributed by atoms with Gasteiger partial charge in [0.1, 0.15) is 12.2 Å². The minimum Gasteiger partial charge on any atom is -0.382 e. The third-order valence-corrected chi connectivity index (χ3v) is 10.8. The highest BCUT2D eigenvalue weighted by molar-refractivity contribution is 5.83. The van der Waals surface area contributed by atoms with E-state index in [1.54, 1.807) is 0 Å². The fourth-order valence-corrected chi connectivity index (χ4v) is 7.08. The fourth-order valence-electron chi connectivity index (χ4n) is 7.08. The number of allylic oxidation sites excluding steroid dienone is 4. The van der Waals surface area contributed by atoms with E-state index in [1.807, 2.05) is 0 Å². The summed E-state index contributed by atoms with van der Waals surface area (Å²) in [6.07, 6.45) is 52.5. The van der Waals surface area contributed by atoms with Gasteiger partial charge in [-0.05, 0) is 70.6 Å². The SMILES string of the molecule is CCCCCCCC/C=C\CCCCCCCCOCC(OCCCCCCCC/C=C\CCCCCCCC)C(O)C(=O)CCCCCCCCC. The molecule has 0 radical (unpaired) electrons. The van der Waals surface area contributed by atoms with E-state index in [0.717, 1.165) is 32.1 Å². The quantitative estimate of drug-likeness (QED) is 0.0498. The van der Waals surface area contributed by atoms with Crippen LogP contribution in [0.5, 0.6) is 0 Å². The van der Waals surface area contributed by atoms with Gasteiger partial charge >= 0.3 is 0 Å². The molecular formula is C49H94O4. The Bertz CT molecular complexity index is 762. The van der Waals surface area contributed by atoms with Gasteiger partial charge in [0, 0.05) is 19.6 Å². The molecule has 0 aliphatic rings. The Kier molecular flexibility index (Phi) is 44.6. The number of aliphatic hydroxyl groups excluding tert-OH is 1. The van der Waals surface area contributed by atoms with E-state index in [4.69, 9.17) is 9.47 Å². The normalized spacial score (nSPS) is 13.1. The number of carbonyl (C=O) groups excluding carboxylic acids is 1. The van der Waals surface area contributed by atoms with Crippen LogP contribution in [0.25, 0.3) is 0 Å². The molecule has 0 heterocycles. The molecule has 0 aromatic heterocycles. The molecule has 0 spiro atoms. The molecule has 0 aromatic carbocycles. The molecular weight excluding hydrogens is 653 g/mol. The van der Waals surface area contributed by atoms with Crippen LogP contribution in [0.2, 0.25) is 0 Å². The number of hydrogen-bond donors (Lipinski definition) is 1. The molecule has 0 fully saturated rings. The van der Waals surface area contributed by atoms with Gasteiger partial charge < -0.3 is 14.6 Å². The predicted molar refractivity (Wildman–Crippen MR) is 233 cm³/mol. The van der Waals surface area contributed by atoms with Crippen LogP contribution in [0, 0.1) is 0 Å². The van der Waals surface area contributed by atoms with Gasteiger partial charge in [0.25, 0.3) is 0 Å². The van der Waals surface area contributed by atoms with Crippen LogP contribution in [0.15, 0.2) is 24.3 Å². The van der Waals surface area contributed by atoms with Crippen molar-refractivity contribution in [3.05, 3.63) is 24.3 Å². The second kappa shape index (κ2) is 45.4. The number of aliphatic hydroxyl groups is 1. The Morgan fingerprint density at radius 1 is 0.434 bits per heavy atom. The van der Waals surface area contributed by atoms with Gasteiger partial charge in [-0.25, -0.2) is 0 Å². The highest BCUT2D eigenvalue weighted by Gasteiger charge is 2.26. The molecule has 0 rings (SSSR count). The summed E-state index contributed by atoms with van der Waals surface area (Å²) >= 11 is 0. The molecule has 4 nitrogen and oxygen atoms in total. The number of ether oxygens (including phenoxy) is 2. The molecule has 0 saturated heterocycles. The van der Waals surface area contributed by atoms with Crippen LogP contribution in [-0.2, 0) is 14.3 Å². The molecule has 2 unspecified atom stereocenters. The first-order valence-electron chi connectivity index (χ1n) is 23.9. The van der Waals surface area contributed by atoms with E-state index < -0.39 is 12.2 Å². The van der Waals surface area contributed by atoms with Crippen molar-refractivity contribution < 1.29 is 19.4 Å². The Morgan fingerprint density at radius 2 is 0.755 bits per heavy atom. The molecule has 0 saturated carbocycles. The minimum absolute atomic E-state index is 0.0783. The third kappa shape index (κ3) is 40.5. The second-order valence-corrected chi connectivity index (χ2v) is 16.1. The van der Waals surface area contributed by atoms with Crippen molar-refractivity contribution in [3.8, 4) is 0 Å². The first-order chi connectivity index (χ1) is 26.2. The van der Waals surface area contributed by atoms with E-state index in [2.05, 4.69) is 45.1 Å². The highest BCUT2D eigenvalue weighted by atomic mass is 16.5. The van der Waals surface area contributed by atoms with Crippen LogP contribution in [-0.4, -0.2) is 42.9 Å². The summed E-state index contributed by atoms with van der Waals surface area (Å²) in [4.78, 5) is 12.9. The van der Waals surface area contributed by atoms with Crippen LogP contribution in [0.4, 0.5) is 0 Å². The monoisotopic (exact) mass is 747 g/mol. The van der Waals surface area contributed by atoms with E-state index in [9.17, 15) is 9.90 Å². The summed E-state index contributed by atoms with van der Waals surface area (Å²) in [7, 11) is 0. The van der Waals surface area contributed by atoms with Crippen molar-refractivity contribution in [2.45, 2.75) is 264 Å². The van der Waals surface area contributed by atoms with Crippen molar-refractivity contribution in [1.82, 2.24) is 0 Å². The Labute approximate surface area is 332 Å². The smallest absolute Gasteiger partial charge is 0.164 e. The van der Waals surface area contributed by atoms with Crippen LogP contribution in [0.1, 0.15) is 252 Å². The molecule has 0 aromatic rings. The van der Waals surface area contributed by atoms with E-state index >= 15 is 0 Å². The van der Waals surface area contributed by atoms with Crippen LogP contribution < -0.4 is 0 Å². The van der Waals surface area contributed by atoms with Gasteiger partial charge in [-0.15, -0.1) is 0 Å². The number of Topliss-reactive ketones (excluding diaryl/α,β-unsaturated/α-hetero) is 1. The number of ketones is 1. The highest BCUT2D eigenvalue weighted by Crippen LogP contribution is 2.15. The molecule has 4 heteroatoms. The molecule has 0 aliphatic heterocycles. The molecule has 0 amide bonds. The molecule has 2 atom stereocenters. The maximum Gasteiger partial charge on any atom is 0.164 e. The van der Waals surface area contributed by atoms with E-state index in [-0.39, 0.29) is 5.78 Å². The molecule has 0 bridgehead atoms. The second-order valence-electron chi connectivity index (χ2n) is 16.1. The lowest BCUT2D eigenvalue weighted by Gasteiger charge is -2.23. The van der Waals surface area contributed by atoms with Crippen molar-refractivity contribution in [2.24, 2.45) is 0 Å². The van der Waals surface area contributed by atoms with Gasteiger partial charge in [0.15, 0.2) is 5.78 Å². The summed E-state index contributed by atoms with van der Waals surface area (Å²) < 4.78 is 12.1. The average Bonchev–Trinajstić information content (AvgIpc) is 3.17. The van der Waals surface area contributed by atoms with Crippen molar-refractivity contribution in [1.29, 1.82) is 0 Å². The van der Waals surface area contributed by atoms with Gasteiger partial charge in [-0.1, -0.05) is 199 Å². The Hall–Kier alpha value is -0.970. The topological polar surface area (TPSA) is 55.8 Å². The van der Waals surface area contributed by atoms with Crippen LogP contribution in [0.3, 0.4) is 0 Å². The van der Waals surface area contributed by atoms with Crippen molar-refractivity contribution in [3.63, 3.8) is 0 Å². The van der Waals surface area contributed by atoms with Gasteiger partial charge in [-0.2, -0.15) is 0 Å².